The van der Waals surface area contributed by atoms with Gasteiger partial charge in [0.25, 0.3) is 0 Å². The Balaban J connectivity index is 2.57. The molecule has 2 heteroatoms. The van der Waals surface area contributed by atoms with Crippen LogP contribution >= 0.6 is 0 Å². The molecule has 0 aliphatic heterocycles. The summed E-state index contributed by atoms with van der Waals surface area (Å²) in [6.45, 7) is 4.11. The second-order valence-electron chi connectivity index (χ2n) is 4.58. The lowest BCUT2D eigenvalue weighted by Crippen LogP contribution is -2.08. The molecule has 0 amide bonds. The minimum absolute atomic E-state index is 0.123. The maximum absolute atomic E-state index is 13.7. The lowest BCUT2D eigenvalue weighted by Gasteiger charge is -2.19. The molecule has 0 radical (unpaired) electrons. The number of benzene rings is 1. The average molecular weight is 210 g/mol. The van der Waals surface area contributed by atoms with E-state index in [1.54, 1.807) is 0 Å². The lowest BCUT2D eigenvalue weighted by atomic mass is 9.86. The first-order valence-corrected chi connectivity index (χ1v) is 5.58. The fourth-order valence-corrected chi connectivity index (χ4v) is 2.49. The summed E-state index contributed by atoms with van der Waals surface area (Å²) in [7, 11) is 0. The van der Waals surface area contributed by atoms with Crippen LogP contribution in [0, 0.1) is 17.6 Å². The van der Waals surface area contributed by atoms with Crippen molar-refractivity contribution in [1.29, 1.82) is 0 Å². The van der Waals surface area contributed by atoms with Gasteiger partial charge in [0.15, 0.2) is 0 Å². The lowest BCUT2D eigenvalue weighted by molar-refractivity contribution is 0.442. The molecule has 0 aromatic heterocycles. The number of rotatable bonds is 0. The zero-order valence-electron chi connectivity index (χ0n) is 9.19. The van der Waals surface area contributed by atoms with Gasteiger partial charge in [0.1, 0.15) is 11.6 Å². The van der Waals surface area contributed by atoms with E-state index in [2.05, 4.69) is 6.92 Å². The van der Waals surface area contributed by atoms with Crippen molar-refractivity contribution in [1.82, 2.24) is 0 Å². The van der Waals surface area contributed by atoms with Crippen LogP contribution in [0.5, 0.6) is 0 Å². The standard InChI is InChI=1S/C13H16F2/c1-8-4-3-5-10-11(14)6-7-12(15)13(10)9(8)2/h6-9H,3-5H2,1-2H3/t8-,9-/m1/s1. The van der Waals surface area contributed by atoms with E-state index in [4.69, 9.17) is 0 Å². The number of hydrogen-bond donors (Lipinski definition) is 0. The number of hydrogen-bond acceptors (Lipinski definition) is 0. The zero-order valence-corrected chi connectivity index (χ0v) is 9.19. The molecule has 0 nitrogen and oxygen atoms in total. The fraction of sp³-hybridized carbons (Fsp3) is 0.538. The maximum Gasteiger partial charge on any atom is 0.127 e. The molecule has 15 heavy (non-hydrogen) atoms. The molecular formula is C13H16F2. The van der Waals surface area contributed by atoms with E-state index >= 15 is 0 Å². The summed E-state index contributed by atoms with van der Waals surface area (Å²) >= 11 is 0. The van der Waals surface area contributed by atoms with E-state index in [-0.39, 0.29) is 17.6 Å². The highest BCUT2D eigenvalue weighted by molar-refractivity contribution is 5.34. The van der Waals surface area contributed by atoms with Crippen LogP contribution in [0.15, 0.2) is 12.1 Å². The smallest absolute Gasteiger partial charge is 0.127 e. The minimum Gasteiger partial charge on any atom is -0.207 e. The van der Waals surface area contributed by atoms with Crippen molar-refractivity contribution in [2.75, 3.05) is 0 Å². The Morgan fingerprint density at radius 1 is 1.13 bits per heavy atom. The minimum atomic E-state index is -0.243. The SMILES string of the molecule is C[C@@H]1CCCc2c(F)ccc(F)c2[C@@H]1C. The Kier molecular flexibility index (Phi) is 2.76. The van der Waals surface area contributed by atoms with Gasteiger partial charge in [0.2, 0.25) is 0 Å². The Bertz CT molecular complexity index is 371. The van der Waals surface area contributed by atoms with Crippen LogP contribution in [0.4, 0.5) is 8.78 Å². The quantitative estimate of drug-likeness (QED) is 0.567. The van der Waals surface area contributed by atoms with Gasteiger partial charge in [0.05, 0.1) is 0 Å². The van der Waals surface area contributed by atoms with Gasteiger partial charge in [-0.3, -0.25) is 0 Å². The molecule has 0 N–H and O–H groups in total. The second-order valence-corrected chi connectivity index (χ2v) is 4.58. The van der Waals surface area contributed by atoms with Crippen molar-refractivity contribution in [2.45, 2.75) is 39.0 Å². The van der Waals surface area contributed by atoms with Gasteiger partial charge in [-0.25, -0.2) is 8.78 Å². The average Bonchev–Trinajstić information content (AvgIpc) is 2.35. The van der Waals surface area contributed by atoms with Crippen LogP contribution in [0.25, 0.3) is 0 Å². The first-order valence-electron chi connectivity index (χ1n) is 5.58. The third kappa shape index (κ3) is 1.77. The van der Waals surface area contributed by atoms with Gasteiger partial charge in [-0.15, -0.1) is 0 Å². The molecule has 2 atom stereocenters. The highest BCUT2D eigenvalue weighted by Crippen LogP contribution is 2.36. The first-order chi connectivity index (χ1) is 7.11. The van der Waals surface area contributed by atoms with Crippen molar-refractivity contribution in [2.24, 2.45) is 5.92 Å². The summed E-state index contributed by atoms with van der Waals surface area (Å²) < 4.78 is 27.3. The van der Waals surface area contributed by atoms with Crippen LogP contribution in [0.2, 0.25) is 0 Å². The normalized spacial score (nSPS) is 25.9. The van der Waals surface area contributed by atoms with Crippen LogP contribution in [-0.4, -0.2) is 0 Å². The molecule has 1 aliphatic rings. The van der Waals surface area contributed by atoms with Gasteiger partial charge >= 0.3 is 0 Å². The Morgan fingerprint density at radius 3 is 2.53 bits per heavy atom. The van der Waals surface area contributed by atoms with Gasteiger partial charge in [0, 0.05) is 0 Å². The van der Waals surface area contributed by atoms with Gasteiger partial charge < -0.3 is 0 Å². The van der Waals surface area contributed by atoms with Crippen LogP contribution in [-0.2, 0) is 6.42 Å². The van der Waals surface area contributed by atoms with Gasteiger partial charge in [-0.05, 0) is 54.4 Å². The van der Waals surface area contributed by atoms with Gasteiger partial charge in [-0.1, -0.05) is 13.8 Å². The summed E-state index contributed by atoms with van der Waals surface area (Å²) in [5, 5.41) is 0. The largest absolute Gasteiger partial charge is 0.207 e. The second kappa shape index (κ2) is 3.92. The van der Waals surface area contributed by atoms with E-state index in [9.17, 15) is 8.78 Å². The molecular weight excluding hydrogens is 194 g/mol. The molecule has 1 aliphatic carbocycles. The predicted molar refractivity (Wildman–Crippen MR) is 56.9 cm³/mol. The summed E-state index contributed by atoms with van der Waals surface area (Å²) in [6.07, 6.45) is 2.68. The van der Waals surface area contributed by atoms with Crippen molar-refractivity contribution in [3.05, 3.63) is 34.9 Å². The van der Waals surface area contributed by atoms with E-state index in [1.807, 2.05) is 6.92 Å². The predicted octanol–water partition coefficient (Wildman–Crippen LogP) is 4.04. The molecule has 0 saturated carbocycles. The molecule has 1 aromatic carbocycles. The molecule has 2 rings (SSSR count). The maximum atomic E-state index is 13.7. The Morgan fingerprint density at radius 2 is 1.80 bits per heavy atom. The monoisotopic (exact) mass is 210 g/mol. The Hall–Kier alpha value is -0.920. The summed E-state index contributed by atoms with van der Waals surface area (Å²) in [4.78, 5) is 0. The molecule has 82 valence electrons. The third-order valence-corrected chi connectivity index (χ3v) is 3.64. The third-order valence-electron chi connectivity index (χ3n) is 3.64. The van der Waals surface area contributed by atoms with Crippen LogP contribution < -0.4 is 0 Å². The summed E-state index contributed by atoms with van der Waals surface area (Å²) in [5.74, 6) is 0.0701. The van der Waals surface area contributed by atoms with Crippen molar-refractivity contribution < 1.29 is 8.78 Å². The molecule has 0 heterocycles. The van der Waals surface area contributed by atoms with E-state index in [0.29, 0.717) is 23.5 Å². The number of halogens is 2. The molecule has 1 aromatic rings. The van der Waals surface area contributed by atoms with Crippen molar-refractivity contribution in [3.8, 4) is 0 Å². The first kappa shape index (κ1) is 10.6. The van der Waals surface area contributed by atoms with Gasteiger partial charge in [-0.2, -0.15) is 0 Å². The molecule has 0 unspecified atom stereocenters. The molecule has 0 saturated heterocycles. The highest BCUT2D eigenvalue weighted by Gasteiger charge is 2.25. The Labute approximate surface area is 89.3 Å². The molecule has 0 spiro atoms. The molecule has 0 bridgehead atoms. The zero-order chi connectivity index (χ0) is 11.0. The van der Waals surface area contributed by atoms with Crippen molar-refractivity contribution >= 4 is 0 Å². The van der Waals surface area contributed by atoms with E-state index in [1.165, 1.54) is 12.1 Å². The van der Waals surface area contributed by atoms with Crippen LogP contribution in [0.3, 0.4) is 0 Å². The highest BCUT2D eigenvalue weighted by atomic mass is 19.1. The molecule has 0 fully saturated rings. The van der Waals surface area contributed by atoms with Crippen LogP contribution in [0.1, 0.15) is 43.7 Å². The number of fused-ring (bicyclic) bond motifs is 1. The fourth-order valence-electron chi connectivity index (χ4n) is 2.49. The van der Waals surface area contributed by atoms with Crippen molar-refractivity contribution in [3.63, 3.8) is 0 Å². The summed E-state index contributed by atoms with van der Waals surface area (Å²) in [6, 6.07) is 2.50. The summed E-state index contributed by atoms with van der Waals surface area (Å²) in [5.41, 5.74) is 1.21. The van der Waals surface area contributed by atoms with E-state index < -0.39 is 0 Å². The topological polar surface area (TPSA) is 0 Å². The van der Waals surface area contributed by atoms with E-state index in [0.717, 1.165) is 12.8 Å².